The Morgan fingerprint density at radius 3 is 1.47 bits per heavy atom. The van der Waals surface area contributed by atoms with E-state index in [9.17, 15) is 19.2 Å². The van der Waals surface area contributed by atoms with Gasteiger partial charge in [-0.1, -0.05) is 0 Å². The van der Waals surface area contributed by atoms with Crippen LogP contribution in [0.1, 0.15) is 20.3 Å². The number of hydrogen-bond donors (Lipinski definition) is 2. The van der Waals surface area contributed by atoms with Crippen molar-refractivity contribution in [3.05, 3.63) is 0 Å². The Morgan fingerprint density at radius 1 is 0.842 bits per heavy atom. The third kappa shape index (κ3) is 5.36. The van der Waals surface area contributed by atoms with Gasteiger partial charge in [-0.25, -0.2) is 0 Å². The zero-order valence-corrected chi connectivity index (χ0v) is 10.6. The van der Waals surface area contributed by atoms with Gasteiger partial charge >= 0.3 is 23.9 Å². The third-order valence-corrected chi connectivity index (χ3v) is 2.21. The fraction of sp³-hybridized carbons (Fsp3) is 0.636. The minimum Gasteiger partial charge on any atom is -0.481 e. The summed E-state index contributed by atoms with van der Waals surface area (Å²) >= 11 is 0. The third-order valence-electron chi connectivity index (χ3n) is 2.21. The molecule has 0 amide bonds. The van der Waals surface area contributed by atoms with Gasteiger partial charge < -0.3 is 19.7 Å². The fourth-order valence-electron chi connectivity index (χ4n) is 1.32. The van der Waals surface area contributed by atoms with Crippen molar-refractivity contribution in [3.8, 4) is 0 Å². The Balaban J connectivity index is 5.02. The average Bonchev–Trinajstić information content (AvgIpc) is 2.29. The molecule has 0 atom stereocenters. The Morgan fingerprint density at radius 2 is 1.21 bits per heavy atom. The number of carboxylic acid groups (broad SMARTS) is 2. The number of carbonyl (C=O) groups excluding carboxylic acids is 2. The highest BCUT2D eigenvalue weighted by molar-refractivity contribution is 5.98. The van der Waals surface area contributed by atoms with Gasteiger partial charge in [0.2, 0.25) is 0 Å². The highest BCUT2D eigenvalue weighted by Crippen LogP contribution is 2.17. The van der Waals surface area contributed by atoms with Crippen molar-refractivity contribution in [2.45, 2.75) is 20.3 Å². The molecule has 0 unspecified atom stereocenters. The van der Waals surface area contributed by atoms with Crippen LogP contribution >= 0.6 is 0 Å². The fourth-order valence-corrected chi connectivity index (χ4v) is 1.32. The molecule has 0 bridgehead atoms. The molecule has 19 heavy (non-hydrogen) atoms. The summed E-state index contributed by atoms with van der Waals surface area (Å²) in [4.78, 5) is 44.6. The Bertz CT molecular complexity index is 330. The van der Waals surface area contributed by atoms with Crippen LogP contribution in [0.2, 0.25) is 0 Å². The van der Waals surface area contributed by atoms with Crippen LogP contribution in [0, 0.1) is 11.8 Å². The summed E-state index contributed by atoms with van der Waals surface area (Å²) in [5.41, 5.74) is 0. The van der Waals surface area contributed by atoms with E-state index in [1.165, 1.54) is 13.8 Å². The van der Waals surface area contributed by atoms with Crippen molar-refractivity contribution in [2.75, 3.05) is 13.2 Å². The summed E-state index contributed by atoms with van der Waals surface area (Å²) in [5, 5.41) is 17.5. The number of carbonyl (C=O) groups is 4. The number of esters is 2. The summed E-state index contributed by atoms with van der Waals surface area (Å²) in [6.45, 7) is 2.98. The van der Waals surface area contributed by atoms with Crippen molar-refractivity contribution in [1.29, 1.82) is 0 Å². The Kier molecular flexibility index (Phi) is 7.16. The predicted molar refractivity (Wildman–Crippen MR) is 60.1 cm³/mol. The molecule has 0 aliphatic rings. The number of ether oxygens (including phenoxy) is 2. The standard InChI is InChI=1S/C11H16O8/c1-3-18-10(16)7(11(17)19-4-2)5-6(8(12)13)9(14)15/h6-7H,3-5H2,1-2H3,(H,12,13)(H,14,15). The molecular weight excluding hydrogens is 260 g/mol. The molecule has 0 heterocycles. The second-order valence-corrected chi connectivity index (χ2v) is 3.52. The summed E-state index contributed by atoms with van der Waals surface area (Å²) in [5.74, 6) is -8.69. The van der Waals surface area contributed by atoms with E-state index in [0.29, 0.717) is 0 Å². The predicted octanol–water partition coefficient (Wildman–Crippen LogP) is -0.0957. The molecular formula is C11H16O8. The largest absolute Gasteiger partial charge is 0.481 e. The monoisotopic (exact) mass is 276 g/mol. The molecule has 0 saturated heterocycles. The van der Waals surface area contributed by atoms with E-state index in [1.807, 2.05) is 0 Å². The van der Waals surface area contributed by atoms with Crippen LogP contribution in [0.4, 0.5) is 0 Å². The van der Waals surface area contributed by atoms with Crippen molar-refractivity contribution in [3.63, 3.8) is 0 Å². The molecule has 0 aromatic carbocycles. The number of rotatable bonds is 8. The molecule has 108 valence electrons. The normalized spacial score (nSPS) is 10.3. The van der Waals surface area contributed by atoms with Gasteiger partial charge in [-0.2, -0.15) is 0 Å². The minimum absolute atomic E-state index is 0.0143. The lowest BCUT2D eigenvalue weighted by Crippen LogP contribution is -2.34. The van der Waals surface area contributed by atoms with Crippen molar-refractivity contribution >= 4 is 23.9 Å². The molecule has 0 spiro atoms. The second kappa shape index (κ2) is 8.06. The van der Waals surface area contributed by atoms with Crippen molar-refractivity contribution in [2.24, 2.45) is 11.8 Å². The van der Waals surface area contributed by atoms with Crippen LogP contribution in [0.15, 0.2) is 0 Å². The van der Waals surface area contributed by atoms with Crippen LogP contribution in [-0.2, 0) is 28.7 Å². The summed E-state index contributed by atoms with van der Waals surface area (Å²) in [6, 6.07) is 0. The lowest BCUT2D eigenvalue weighted by molar-refractivity contribution is -0.164. The van der Waals surface area contributed by atoms with E-state index in [1.54, 1.807) is 0 Å². The van der Waals surface area contributed by atoms with Gasteiger partial charge in [-0.15, -0.1) is 0 Å². The molecule has 2 N–H and O–H groups in total. The highest BCUT2D eigenvalue weighted by atomic mass is 16.6. The van der Waals surface area contributed by atoms with Crippen molar-refractivity contribution < 1.29 is 38.9 Å². The molecule has 0 aromatic rings. The molecule has 8 nitrogen and oxygen atoms in total. The van der Waals surface area contributed by atoms with Gasteiger partial charge in [0.15, 0.2) is 11.8 Å². The number of carboxylic acids is 2. The summed E-state index contributed by atoms with van der Waals surface area (Å²) in [6.07, 6.45) is -0.706. The van der Waals surface area contributed by atoms with Gasteiger partial charge in [0, 0.05) is 0 Å². The molecule has 0 aliphatic carbocycles. The first-order valence-electron chi connectivity index (χ1n) is 5.63. The maximum atomic E-state index is 11.5. The number of aliphatic carboxylic acids is 2. The lowest BCUT2D eigenvalue weighted by Gasteiger charge is -2.16. The Hall–Kier alpha value is -2.12. The maximum absolute atomic E-state index is 11.5. The molecule has 0 fully saturated rings. The zero-order valence-electron chi connectivity index (χ0n) is 10.6. The van der Waals surface area contributed by atoms with Crippen LogP contribution in [0.3, 0.4) is 0 Å². The van der Waals surface area contributed by atoms with Gasteiger partial charge in [-0.3, -0.25) is 19.2 Å². The van der Waals surface area contributed by atoms with Crippen LogP contribution in [0.5, 0.6) is 0 Å². The average molecular weight is 276 g/mol. The molecule has 0 aliphatic heterocycles. The minimum atomic E-state index is -1.88. The highest BCUT2D eigenvalue weighted by Gasteiger charge is 2.38. The van der Waals surface area contributed by atoms with Gasteiger partial charge in [0.05, 0.1) is 13.2 Å². The van der Waals surface area contributed by atoms with Gasteiger partial charge in [-0.05, 0) is 20.3 Å². The molecule has 0 aromatic heterocycles. The maximum Gasteiger partial charge on any atom is 0.320 e. The van der Waals surface area contributed by atoms with Gasteiger partial charge in [0.1, 0.15) is 0 Å². The molecule has 0 rings (SSSR count). The van der Waals surface area contributed by atoms with Crippen LogP contribution < -0.4 is 0 Å². The number of hydrogen-bond acceptors (Lipinski definition) is 6. The smallest absolute Gasteiger partial charge is 0.320 e. The van der Waals surface area contributed by atoms with E-state index in [2.05, 4.69) is 9.47 Å². The van der Waals surface area contributed by atoms with E-state index >= 15 is 0 Å². The Labute approximate surface area is 109 Å². The summed E-state index contributed by atoms with van der Waals surface area (Å²) in [7, 11) is 0. The van der Waals surface area contributed by atoms with Crippen LogP contribution in [-0.4, -0.2) is 47.3 Å². The van der Waals surface area contributed by atoms with E-state index in [-0.39, 0.29) is 13.2 Å². The first-order valence-corrected chi connectivity index (χ1v) is 5.63. The van der Waals surface area contributed by atoms with E-state index < -0.39 is 42.1 Å². The first kappa shape index (κ1) is 16.9. The van der Waals surface area contributed by atoms with Crippen molar-refractivity contribution in [1.82, 2.24) is 0 Å². The zero-order chi connectivity index (χ0) is 15.0. The van der Waals surface area contributed by atoms with Crippen LogP contribution in [0.25, 0.3) is 0 Å². The molecule has 8 heteroatoms. The first-order chi connectivity index (χ1) is 8.84. The quantitative estimate of drug-likeness (QED) is 0.465. The lowest BCUT2D eigenvalue weighted by atomic mass is 9.94. The van der Waals surface area contributed by atoms with E-state index in [4.69, 9.17) is 10.2 Å². The van der Waals surface area contributed by atoms with Gasteiger partial charge in [0.25, 0.3) is 0 Å². The topological polar surface area (TPSA) is 127 Å². The summed E-state index contributed by atoms with van der Waals surface area (Å²) < 4.78 is 9.21. The molecule has 0 saturated carbocycles. The SMILES string of the molecule is CCOC(=O)C(CC(C(=O)O)C(=O)O)C(=O)OCC. The molecule has 0 radical (unpaired) electrons. The second-order valence-electron chi connectivity index (χ2n) is 3.52. The van der Waals surface area contributed by atoms with E-state index in [0.717, 1.165) is 0 Å².